The van der Waals surface area contributed by atoms with Gasteiger partial charge in [-0.15, -0.1) is 0 Å². The topological polar surface area (TPSA) is 50.8 Å². The first-order valence-corrected chi connectivity index (χ1v) is 9.04. The van der Waals surface area contributed by atoms with E-state index in [0.717, 1.165) is 37.6 Å². The molecular formula is C19H26N2O3. The zero-order valence-corrected chi connectivity index (χ0v) is 14.0. The molecule has 5 nitrogen and oxygen atoms in total. The lowest BCUT2D eigenvalue weighted by Crippen LogP contribution is -2.47. The number of rotatable bonds is 6. The van der Waals surface area contributed by atoms with Crippen LogP contribution >= 0.6 is 0 Å². The van der Waals surface area contributed by atoms with Gasteiger partial charge in [-0.1, -0.05) is 30.3 Å². The predicted octanol–water partition coefficient (Wildman–Crippen LogP) is 1.57. The minimum Gasteiger partial charge on any atom is -0.375 e. The van der Waals surface area contributed by atoms with Crippen molar-refractivity contribution in [2.24, 2.45) is 5.92 Å². The summed E-state index contributed by atoms with van der Waals surface area (Å²) in [6.45, 7) is 3.40. The van der Waals surface area contributed by atoms with Crippen LogP contribution in [0.2, 0.25) is 0 Å². The Morgan fingerprint density at radius 3 is 2.88 bits per heavy atom. The van der Waals surface area contributed by atoms with E-state index >= 15 is 0 Å². The van der Waals surface area contributed by atoms with Gasteiger partial charge in [0.15, 0.2) is 0 Å². The van der Waals surface area contributed by atoms with Gasteiger partial charge in [-0.25, -0.2) is 0 Å². The summed E-state index contributed by atoms with van der Waals surface area (Å²) in [5.41, 5.74) is 1.09. The number of amides is 1. The van der Waals surface area contributed by atoms with E-state index in [4.69, 9.17) is 9.47 Å². The molecule has 1 aromatic rings. The third-order valence-electron chi connectivity index (χ3n) is 5.30. The van der Waals surface area contributed by atoms with E-state index in [2.05, 4.69) is 10.2 Å². The normalized spacial score (nSPS) is 30.1. The number of hydrogen-bond acceptors (Lipinski definition) is 4. The van der Waals surface area contributed by atoms with E-state index in [-0.39, 0.29) is 18.6 Å². The Bertz CT molecular complexity index is 561. The Hall–Kier alpha value is -1.43. The number of hydrogen-bond donors (Lipinski definition) is 1. The molecule has 2 aliphatic heterocycles. The standard InChI is InChI=1S/C19H26N2O3/c22-19(13-23-11-14-4-2-1-3-5-14)20-16-8-17-12-24-18(15-6-7-15)10-21(17)9-16/h1-5,15-18H,6-13H2,(H,20,22)/t16-,17-,18+/m0/s1. The van der Waals surface area contributed by atoms with Gasteiger partial charge in [0, 0.05) is 25.2 Å². The molecule has 1 aliphatic carbocycles. The van der Waals surface area contributed by atoms with Crippen LogP contribution in [0.15, 0.2) is 30.3 Å². The highest BCUT2D eigenvalue weighted by Gasteiger charge is 2.42. The zero-order chi connectivity index (χ0) is 16.4. The van der Waals surface area contributed by atoms with Gasteiger partial charge in [-0.3, -0.25) is 9.69 Å². The van der Waals surface area contributed by atoms with E-state index in [0.29, 0.717) is 18.8 Å². The van der Waals surface area contributed by atoms with Crippen molar-refractivity contribution in [1.82, 2.24) is 10.2 Å². The lowest BCUT2D eigenvalue weighted by molar-refractivity contribution is -0.126. The molecule has 24 heavy (non-hydrogen) atoms. The fraction of sp³-hybridized carbons (Fsp3) is 0.632. The summed E-state index contributed by atoms with van der Waals surface area (Å²) in [5, 5.41) is 3.12. The molecule has 5 heteroatoms. The molecule has 0 bridgehead atoms. The Morgan fingerprint density at radius 2 is 2.08 bits per heavy atom. The molecule has 2 heterocycles. The van der Waals surface area contributed by atoms with Gasteiger partial charge in [-0.05, 0) is 30.7 Å². The minimum atomic E-state index is -0.0181. The summed E-state index contributed by atoms with van der Waals surface area (Å²) >= 11 is 0. The van der Waals surface area contributed by atoms with Gasteiger partial charge in [-0.2, -0.15) is 0 Å². The Kier molecular flexibility index (Phi) is 4.83. The highest BCUT2D eigenvalue weighted by molar-refractivity contribution is 5.77. The average Bonchev–Trinajstić information content (AvgIpc) is 3.36. The Balaban J connectivity index is 1.18. The van der Waals surface area contributed by atoms with Crippen LogP contribution in [0.4, 0.5) is 0 Å². The molecule has 1 saturated carbocycles. The van der Waals surface area contributed by atoms with Crippen molar-refractivity contribution in [2.75, 3.05) is 26.3 Å². The third-order valence-corrected chi connectivity index (χ3v) is 5.30. The maximum atomic E-state index is 12.1. The third kappa shape index (κ3) is 3.97. The Morgan fingerprint density at radius 1 is 1.25 bits per heavy atom. The van der Waals surface area contributed by atoms with Crippen LogP contribution in [0.5, 0.6) is 0 Å². The monoisotopic (exact) mass is 330 g/mol. The van der Waals surface area contributed by atoms with Gasteiger partial charge in [0.1, 0.15) is 6.61 Å². The molecule has 0 spiro atoms. The van der Waals surface area contributed by atoms with Crippen LogP contribution in [0.3, 0.4) is 0 Å². The summed E-state index contributed by atoms with van der Waals surface area (Å²) in [7, 11) is 0. The number of ether oxygens (including phenoxy) is 2. The van der Waals surface area contributed by atoms with Crippen molar-refractivity contribution >= 4 is 5.91 Å². The summed E-state index contributed by atoms with van der Waals surface area (Å²) in [6, 6.07) is 10.6. The van der Waals surface area contributed by atoms with E-state index in [9.17, 15) is 4.79 Å². The first kappa shape index (κ1) is 16.1. The first-order valence-electron chi connectivity index (χ1n) is 9.04. The second-order valence-corrected chi connectivity index (χ2v) is 7.30. The maximum Gasteiger partial charge on any atom is 0.246 e. The summed E-state index contributed by atoms with van der Waals surface area (Å²) in [5.74, 6) is 0.765. The van der Waals surface area contributed by atoms with E-state index in [1.807, 2.05) is 30.3 Å². The molecule has 1 aromatic carbocycles. The van der Waals surface area contributed by atoms with Crippen LogP contribution in [-0.2, 0) is 20.9 Å². The SMILES string of the molecule is O=C(COCc1ccccc1)N[C@H]1C[C@H]2CO[C@@H](C3CC3)CN2C1. The largest absolute Gasteiger partial charge is 0.375 e. The highest BCUT2D eigenvalue weighted by Crippen LogP contribution is 2.37. The number of benzene rings is 1. The lowest BCUT2D eigenvalue weighted by Gasteiger charge is -2.35. The average molecular weight is 330 g/mol. The Labute approximate surface area is 143 Å². The molecule has 1 amide bonds. The fourth-order valence-corrected chi connectivity index (χ4v) is 3.86. The first-order chi connectivity index (χ1) is 11.8. The van der Waals surface area contributed by atoms with Crippen LogP contribution in [0.1, 0.15) is 24.8 Å². The quantitative estimate of drug-likeness (QED) is 0.860. The molecule has 0 radical (unpaired) electrons. The molecule has 0 aromatic heterocycles. The van der Waals surface area contributed by atoms with Crippen LogP contribution in [0, 0.1) is 5.92 Å². The van der Waals surface area contributed by atoms with Crippen molar-refractivity contribution in [1.29, 1.82) is 0 Å². The summed E-state index contributed by atoms with van der Waals surface area (Å²) < 4.78 is 11.5. The van der Waals surface area contributed by atoms with Crippen molar-refractivity contribution in [3.63, 3.8) is 0 Å². The number of fused-ring (bicyclic) bond motifs is 1. The molecule has 1 N–H and O–H groups in total. The van der Waals surface area contributed by atoms with Gasteiger partial charge in [0.25, 0.3) is 0 Å². The van der Waals surface area contributed by atoms with Crippen molar-refractivity contribution in [2.45, 2.75) is 44.1 Å². The van der Waals surface area contributed by atoms with E-state index < -0.39 is 0 Å². The van der Waals surface area contributed by atoms with Crippen molar-refractivity contribution in [3.8, 4) is 0 Å². The number of nitrogens with zero attached hydrogens (tertiary/aromatic N) is 1. The lowest BCUT2D eigenvalue weighted by atomic mass is 10.1. The van der Waals surface area contributed by atoms with Crippen molar-refractivity contribution in [3.05, 3.63) is 35.9 Å². The van der Waals surface area contributed by atoms with Gasteiger partial charge in [0.2, 0.25) is 5.91 Å². The molecule has 130 valence electrons. The summed E-state index contributed by atoms with van der Waals surface area (Å²) in [6.07, 6.45) is 4.05. The van der Waals surface area contributed by atoms with Crippen LogP contribution < -0.4 is 5.32 Å². The minimum absolute atomic E-state index is 0.0181. The maximum absolute atomic E-state index is 12.1. The van der Waals surface area contributed by atoms with E-state index in [1.165, 1.54) is 12.8 Å². The molecule has 3 fully saturated rings. The van der Waals surface area contributed by atoms with Crippen molar-refractivity contribution < 1.29 is 14.3 Å². The molecule has 0 unspecified atom stereocenters. The second-order valence-electron chi connectivity index (χ2n) is 7.30. The number of carbonyl (C=O) groups excluding carboxylic acids is 1. The van der Waals surface area contributed by atoms with E-state index in [1.54, 1.807) is 0 Å². The molecule has 2 saturated heterocycles. The highest BCUT2D eigenvalue weighted by atomic mass is 16.5. The fourth-order valence-electron chi connectivity index (χ4n) is 3.86. The molecule has 3 aliphatic rings. The van der Waals surface area contributed by atoms with Gasteiger partial charge < -0.3 is 14.8 Å². The van der Waals surface area contributed by atoms with Crippen LogP contribution in [-0.4, -0.2) is 55.3 Å². The number of carbonyl (C=O) groups is 1. The van der Waals surface area contributed by atoms with Gasteiger partial charge >= 0.3 is 0 Å². The predicted molar refractivity (Wildman–Crippen MR) is 90.5 cm³/mol. The number of nitrogens with one attached hydrogen (secondary N) is 1. The number of morpholine rings is 1. The smallest absolute Gasteiger partial charge is 0.246 e. The van der Waals surface area contributed by atoms with Crippen LogP contribution in [0.25, 0.3) is 0 Å². The summed E-state index contributed by atoms with van der Waals surface area (Å²) in [4.78, 5) is 14.6. The second kappa shape index (κ2) is 7.21. The zero-order valence-electron chi connectivity index (χ0n) is 14.0. The molecular weight excluding hydrogens is 304 g/mol. The van der Waals surface area contributed by atoms with Gasteiger partial charge in [0.05, 0.1) is 19.3 Å². The molecule has 4 rings (SSSR count). The molecule has 3 atom stereocenters.